The van der Waals surface area contributed by atoms with Gasteiger partial charge in [0.2, 0.25) is 5.88 Å². The van der Waals surface area contributed by atoms with Crippen molar-refractivity contribution in [3.05, 3.63) is 54.0 Å². The van der Waals surface area contributed by atoms with Crippen molar-refractivity contribution in [2.75, 3.05) is 6.54 Å². The molecule has 1 saturated carbocycles. The number of fused-ring (bicyclic) bond motifs is 3. The van der Waals surface area contributed by atoms with Gasteiger partial charge in [0.25, 0.3) is 5.91 Å². The number of alkyl halides is 3. The van der Waals surface area contributed by atoms with Crippen molar-refractivity contribution in [2.24, 2.45) is 5.92 Å². The molecular formula is C21H20F3N7O2. The molecule has 172 valence electrons. The Labute approximate surface area is 186 Å². The zero-order chi connectivity index (χ0) is 23.2. The van der Waals surface area contributed by atoms with E-state index in [4.69, 9.17) is 4.74 Å². The first-order chi connectivity index (χ1) is 15.8. The van der Waals surface area contributed by atoms with E-state index in [0.717, 1.165) is 19.0 Å². The van der Waals surface area contributed by atoms with Crippen LogP contribution in [0, 0.1) is 12.8 Å². The molecule has 0 N–H and O–H groups in total. The van der Waals surface area contributed by atoms with E-state index >= 15 is 0 Å². The zero-order valence-electron chi connectivity index (χ0n) is 17.6. The highest BCUT2D eigenvalue weighted by molar-refractivity contribution is 5.96. The lowest BCUT2D eigenvalue weighted by Crippen LogP contribution is -2.59. The van der Waals surface area contributed by atoms with Crippen molar-refractivity contribution in [1.82, 2.24) is 34.8 Å². The zero-order valence-corrected chi connectivity index (χ0v) is 17.6. The minimum Gasteiger partial charge on any atom is -0.471 e. The third-order valence-electron chi connectivity index (χ3n) is 6.02. The maximum atomic E-state index is 13.6. The van der Waals surface area contributed by atoms with Crippen LogP contribution in [0.25, 0.3) is 5.69 Å². The molecule has 1 amide bonds. The standard InChI is InChI=1S/C21H20F3N7O2/c1-12-2-4-15(31-27-6-7-28-31)19(29-12)20(32)30-11-13-3-5-14(30)16(8-13)33-18-10-25-17(9-26-18)21(22,23)24/h2,4,6-7,9-10,13-14,16H,3,5,8,11H2,1H3/t13-,14+,16-/m1/s1. The number of hydrogen-bond donors (Lipinski definition) is 0. The summed E-state index contributed by atoms with van der Waals surface area (Å²) in [5.41, 5.74) is 0.321. The van der Waals surface area contributed by atoms with Crippen LogP contribution in [-0.4, -0.2) is 59.4 Å². The smallest absolute Gasteiger partial charge is 0.434 e. The molecule has 0 aromatic carbocycles. The van der Waals surface area contributed by atoms with Crippen molar-refractivity contribution < 1.29 is 22.7 Å². The van der Waals surface area contributed by atoms with Gasteiger partial charge in [-0.25, -0.2) is 15.0 Å². The van der Waals surface area contributed by atoms with E-state index in [9.17, 15) is 18.0 Å². The summed E-state index contributed by atoms with van der Waals surface area (Å²) in [5.74, 6) is -0.0435. The Morgan fingerprint density at radius 1 is 1.12 bits per heavy atom. The van der Waals surface area contributed by atoms with Gasteiger partial charge in [0.05, 0.1) is 30.8 Å². The van der Waals surface area contributed by atoms with E-state index < -0.39 is 18.0 Å². The minimum atomic E-state index is -4.57. The third kappa shape index (κ3) is 4.12. The second-order valence-corrected chi connectivity index (χ2v) is 8.24. The summed E-state index contributed by atoms with van der Waals surface area (Å²) in [6, 6.07) is 3.28. The van der Waals surface area contributed by atoms with Gasteiger partial charge in [-0.3, -0.25) is 4.79 Å². The molecule has 3 aromatic heterocycles. The normalized spacial score (nSPS) is 22.4. The molecule has 6 rings (SSSR count). The molecule has 5 heterocycles. The lowest BCUT2D eigenvalue weighted by Gasteiger charge is -2.49. The van der Waals surface area contributed by atoms with Crippen LogP contribution in [0.4, 0.5) is 13.2 Å². The van der Waals surface area contributed by atoms with E-state index in [2.05, 4.69) is 25.1 Å². The molecule has 0 unspecified atom stereocenters. The molecule has 2 aliphatic heterocycles. The highest BCUT2D eigenvalue weighted by Gasteiger charge is 2.45. The lowest BCUT2D eigenvalue weighted by molar-refractivity contribution is -0.141. The SMILES string of the molecule is Cc1ccc(-n2nccn2)c(C(=O)N2C[C@@H]3CC[C@H]2[C@H](Oc2cnc(C(F)(F)F)cn2)C3)n1. The van der Waals surface area contributed by atoms with E-state index in [1.165, 1.54) is 17.2 Å². The summed E-state index contributed by atoms with van der Waals surface area (Å²) < 4.78 is 44.2. The van der Waals surface area contributed by atoms with Gasteiger partial charge in [-0.2, -0.15) is 23.4 Å². The molecule has 2 bridgehead atoms. The number of aromatic nitrogens is 6. The van der Waals surface area contributed by atoms with E-state index in [1.54, 1.807) is 24.0 Å². The molecule has 3 aromatic rings. The van der Waals surface area contributed by atoms with Crippen molar-refractivity contribution in [1.29, 1.82) is 0 Å². The van der Waals surface area contributed by atoms with E-state index in [0.29, 0.717) is 30.5 Å². The average Bonchev–Trinajstić information content (AvgIpc) is 3.33. The number of piperidine rings is 2. The van der Waals surface area contributed by atoms with Crippen molar-refractivity contribution in [2.45, 2.75) is 44.5 Å². The maximum absolute atomic E-state index is 13.6. The Balaban J connectivity index is 1.39. The molecule has 3 fully saturated rings. The number of rotatable bonds is 4. The fourth-order valence-corrected chi connectivity index (χ4v) is 4.51. The predicted molar refractivity (Wildman–Crippen MR) is 108 cm³/mol. The molecule has 3 aliphatic rings. The second kappa shape index (κ2) is 8.09. The molecule has 3 atom stereocenters. The minimum absolute atomic E-state index is 0.00283. The number of amides is 1. The Morgan fingerprint density at radius 2 is 1.91 bits per heavy atom. The summed E-state index contributed by atoms with van der Waals surface area (Å²) in [7, 11) is 0. The number of halogens is 3. The highest BCUT2D eigenvalue weighted by atomic mass is 19.4. The van der Waals surface area contributed by atoms with Crippen LogP contribution in [0.3, 0.4) is 0 Å². The average molecular weight is 459 g/mol. The third-order valence-corrected chi connectivity index (χ3v) is 6.02. The van der Waals surface area contributed by atoms with Gasteiger partial charge >= 0.3 is 6.18 Å². The molecule has 2 saturated heterocycles. The van der Waals surface area contributed by atoms with Crippen LogP contribution < -0.4 is 4.74 Å². The molecule has 33 heavy (non-hydrogen) atoms. The Hall–Kier alpha value is -3.57. The van der Waals surface area contributed by atoms with Crippen LogP contribution in [0.5, 0.6) is 5.88 Å². The summed E-state index contributed by atoms with van der Waals surface area (Å²) in [4.78, 5) is 28.3. The Bertz CT molecular complexity index is 1150. The summed E-state index contributed by atoms with van der Waals surface area (Å²) in [6.45, 7) is 2.36. The first-order valence-corrected chi connectivity index (χ1v) is 10.5. The van der Waals surface area contributed by atoms with Gasteiger partial charge < -0.3 is 9.64 Å². The van der Waals surface area contributed by atoms with Gasteiger partial charge in [0.15, 0.2) is 11.4 Å². The van der Waals surface area contributed by atoms with Crippen LogP contribution in [0.1, 0.15) is 41.1 Å². The Morgan fingerprint density at radius 3 is 2.58 bits per heavy atom. The van der Waals surface area contributed by atoms with Crippen LogP contribution >= 0.6 is 0 Å². The van der Waals surface area contributed by atoms with E-state index in [1.807, 2.05) is 0 Å². The van der Waals surface area contributed by atoms with Crippen molar-refractivity contribution in [3.63, 3.8) is 0 Å². The second-order valence-electron chi connectivity index (χ2n) is 8.24. The monoisotopic (exact) mass is 459 g/mol. The van der Waals surface area contributed by atoms with Gasteiger partial charge in [0.1, 0.15) is 11.8 Å². The van der Waals surface area contributed by atoms with Gasteiger partial charge in [0, 0.05) is 12.2 Å². The number of nitrogens with zero attached hydrogens (tertiary/aromatic N) is 7. The lowest BCUT2D eigenvalue weighted by atomic mass is 9.77. The largest absolute Gasteiger partial charge is 0.471 e. The fraction of sp³-hybridized carbons (Fsp3) is 0.429. The van der Waals surface area contributed by atoms with Gasteiger partial charge in [-0.05, 0) is 44.2 Å². The first kappa shape index (κ1) is 21.3. The topological polar surface area (TPSA) is 98.9 Å². The van der Waals surface area contributed by atoms with Crippen LogP contribution in [-0.2, 0) is 6.18 Å². The number of carbonyl (C=O) groups is 1. The van der Waals surface area contributed by atoms with Crippen molar-refractivity contribution >= 4 is 5.91 Å². The number of ether oxygens (including phenoxy) is 1. The number of pyridine rings is 1. The number of hydrogen-bond acceptors (Lipinski definition) is 7. The van der Waals surface area contributed by atoms with Crippen molar-refractivity contribution in [3.8, 4) is 11.6 Å². The number of carbonyl (C=O) groups excluding carboxylic acids is 1. The number of aryl methyl sites for hydroxylation is 1. The fourth-order valence-electron chi connectivity index (χ4n) is 4.51. The summed E-state index contributed by atoms with van der Waals surface area (Å²) in [6.07, 6.45) is 2.05. The van der Waals surface area contributed by atoms with Crippen LogP contribution in [0.15, 0.2) is 36.9 Å². The molecule has 1 aliphatic carbocycles. The first-order valence-electron chi connectivity index (χ1n) is 10.5. The molecule has 0 spiro atoms. The maximum Gasteiger partial charge on any atom is 0.434 e. The molecular weight excluding hydrogens is 439 g/mol. The molecule has 0 radical (unpaired) electrons. The van der Waals surface area contributed by atoms with Gasteiger partial charge in [-0.1, -0.05) is 0 Å². The predicted octanol–water partition coefficient (Wildman–Crippen LogP) is 2.85. The molecule has 12 heteroatoms. The quantitative estimate of drug-likeness (QED) is 0.592. The van der Waals surface area contributed by atoms with Gasteiger partial charge in [-0.15, -0.1) is 4.80 Å². The van der Waals surface area contributed by atoms with Crippen LogP contribution in [0.2, 0.25) is 0 Å². The highest BCUT2D eigenvalue weighted by Crippen LogP contribution is 2.38. The molecule has 9 nitrogen and oxygen atoms in total. The Kier molecular flexibility index (Phi) is 5.22. The summed E-state index contributed by atoms with van der Waals surface area (Å²) >= 11 is 0. The summed E-state index contributed by atoms with van der Waals surface area (Å²) in [5, 5.41) is 8.24. The van der Waals surface area contributed by atoms with E-state index in [-0.39, 0.29) is 29.4 Å².